The molecule has 1 N–H and O–H groups in total. The number of nitrogens with zero attached hydrogens (tertiary/aromatic N) is 1. The highest BCUT2D eigenvalue weighted by Crippen LogP contribution is 2.43. The summed E-state index contributed by atoms with van der Waals surface area (Å²) in [5, 5.41) is 2.69. The Morgan fingerprint density at radius 2 is 1.71 bits per heavy atom. The van der Waals surface area contributed by atoms with Crippen LogP contribution in [0.3, 0.4) is 0 Å². The first-order chi connectivity index (χ1) is 14.8. The summed E-state index contributed by atoms with van der Waals surface area (Å²) in [5.74, 6) is -1.07. The van der Waals surface area contributed by atoms with Crippen LogP contribution < -0.4 is 5.32 Å². The van der Waals surface area contributed by atoms with Crippen molar-refractivity contribution in [3.8, 4) is 0 Å². The van der Waals surface area contributed by atoms with E-state index in [1.807, 2.05) is 0 Å². The number of ether oxygens (including phenoxy) is 2. The molecule has 31 heavy (non-hydrogen) atoms. The lowest BCUT2D eigenvalue weighted by Gasteiger charge is -2.32. The summed E-state index contributed by atoms with van der Waals surface area (Å²) in [6.45, 7) is 5.07. The summed E-state index contributed by atoms with van der Waals surface area (Å²) in [7, 11) is 0. The van der Waals surface area contributed by atoms with Gasteiger partial charge in [-0.15, -0.1) is 0 Å². The van der Waals surface area contributed by atoms with Crippen molar-refractivity contribution in [2.45, 2.75) is 52.1 Å². The molecule has 3 rings (SSSR count). The highest BCUT2D eigenvalue weighted by atomic mass is 16.5. The number of ketones is 1. The summed E-state index contributed by atoms with van der Waals surface area (Å²) in [6.07, 6.45) is 1.98. The predicted octanol–water partition coefficient (Wildman–Crippen LogP) is 2.57. The summed E-state index contributed by atoms with van der Waals surface area (Å²) in [4.78, 5) is 51.4. The molecule has 1 saturated carbocycles. The van der Waals surface area contributed by atoms with Crippen LogP contribution >= 0.6 is 0 Å². The molecule has 1 atom stereocenters. The highest BCUT2D eigenvalue weighted by Gasteiger charge is 2.46. The molecule has 168 valence electrons. The van der Waals surface area contributed by atoms with Crippen molar-refractivity contribution in [2.75, 3.05) is 31.6 Å². The molecule has 0 spiro atoms. The van der Waals surface area contributed by atoms with Gasteiger partial charge in [-0.25, -0.2) is 0 Å². The average Bonchev–Trinajstić information content (AvgIpc) is 3.24. The quantitative estimate of drug-likeness (QED) is 0.527. The third kappa shape index (κ3) is 5.70. The molecule has 1 heterocycles. The minimum atomic E-state index is -1.00. The number of carbonyl (C=O) groups excluding carboxylic acids is 4. The van der Waals surface area contributed by atoms with Crippen LogP contribution in [0.4, 0.5) is 5.69 Å². The second-order valence-corrected chi connectivity index (χ2v) is 8.33. The Bertz CT molecular complexity index is 823. The van der Waals surface area contributed by atoms with Crippen LogP contribution in [0.2, 0.25) is 0 Å². The number of benzene rings is 1. The van der Waals surface area contributed by atoms with E-state index < -0.39 is 23.4 Å². The molecule has 1 aromatic carbocycles. The number of amides is 2. The monoisotopic (exact) mass is 430 g/mol. The van der Waals surface area contributed by atoms with E-state index in [-0.39, 0.29) is 18.1 Å². The Kier molecular flexibility index (Phi) is 7.43. The second kappa shape index (κ2) is 10.0. The maximum Gasteiger partial charge on any atom is 0.313 e. The molecule has 1 aromatic rings. The zero-order chi connectivity index (χ0) is 22.4. The van der Waals surface area contributed by atoms with Gasteiger partial charge in [0, 0.05) is 30.8 Å². The van der Waals surface area contributed by atoms with Gasteiger partial charge in [0.2, 0.25) is 5.91 Å². The Labute approximate surface area is 182 Å². The third-order valence-corrected chi connectivity index (χ3v) is 6.06. The number of anilines is 1. The average molecular weight is 431 g/mol. The topological polar surface area (TPSA) is 102 Å². The smallest absolute Gasteiger partial charge is 0.313 e. The molecule has 8 heteroatoms. The lowest BCUT2D eigenvalue weighted by Crippen LogP contribution is -2.45. The number of hydrogen-bond acceptors (Lipinski definition) is 6. The Hall–Kier alpha value is -2.74. The molecule has 0 radical (unpaired) electrons. The molecule has 1 aliphatic carbocycles. The van der Waals surface area contributed by atoms with E-state index in [0.717, 1.165) is 12.8 Å². The van der Waals surface area contributed by atoms with Gasteiger partial charge in [-0.3, -0.25) is 19.2 Å². The normalized spacial score (nSPS) is 18.8. The van der Waals surface area contributed by atoms with E-state index in [2.05, 4.69) is 5.32 Å². The van der Waals surface area contributed by atoms with Gasteiger partial charge in [-0.2, -0.15) is 0 Å². The number of carbonyl (C=O) groups is 4. The van der Waals surface area contributed by atoms with Gasteiger partial charge in [0.15, 0.2) is 11.9 Å². The number of hydrogen-bond donors (Lipinski definition) is 1. The van der Waals surface area contributed by atoms with E-state index in [0.29, 0.717) is 50.4 Å². The van der Waals surface area contributed by atoms with Crippen LogP contribution in [0.25, 0.3) is 0 Å². The fourth-order valence-corrected chi connectivity index (χ4v) is 4.09. The standard InChI is InChI=1S/C23H30N2O6/c1-16(26)18-5-7-19(8-6-18)24-21(28)17(2)31-22(29)23(9-3-4-10-23)15-20(27)25-11-13-30-14-12-25/h5-8,17H,3-4,9-15H2,1-2H3,(H,24,28)/t17-/m0/s1. The van der Waals surface area contributed by atoms with Crippen LogP contribution in [0, 0.1) is 5.41 Å². The minimum Gasteiger partial charge on any atom is -0.452 e. The van der Waals surface area contributed by atoms with E-state index in [1.165, 1.54) is 13.8 Å². The summed E-state index contributed by atoms with van der Waals surface area (Å²) >= 11 is 0. The highest BCUT2D eigenvalue weighted by molar-refractivity contribution is 5.97. The van der Waals surface area contributed by atoms with Gasteiger partial charge in [0.25, 0.3) is 5.91 Å². The van der Waals surface area contributed by atoms with Crippen LogP contribution in [-0.4, -0.2) is 60.9 Å². The number of morpholine rings is 1. The molecule has 0 bridgehead atoms. The van der Waals surface area contributed by atoms with Crippen LogP contribution in [0.15, 0.2) is 24.3 Å². The maximum absolute atomic E-state index is 13.0. The Morgan fingerprint density at radius 3 is 2.29 bits per heavy atom. The first-order valence-corrected chi connectivity index (χ1v) is 10.8. The molecule has 1 saturated heterocycles. The molecule has 0 unspecified atom stereocenters. The first kappa shape index (κ1) is 22.9. The van der Waals surface area contributed by atoms with E-state index in [4.69, 9.17) is 9.47 Å². The Balaban J connectivity index is 1.59. The number of esters is 1. The van der Waals surface area contributed by atoms with E-state index in [9.17, 15) is 19.2 Å². The molecule has 1 aliphatic heterocycles. The Morgan fingerprint density at radius 1 is 1.10 bits per heavy atom. The van der Waals surface area contributed by atoms with Crippen molar-refractivity contribution in [1.82, 2.24) is 4.90 Å². The predicted molar refractivity (Wildman–Crippen MR) is 114 cm³/mol. The molecule has 8 nitrogen and oxygen atoms in total. The molecular weight excluding hydrogens is 400 g/mol. The summed E-state index contributed by atoms with van der Waals surface area (Å²) in [6, 6.07) is 6.50. The number of Topliss-reactive ketones (excluding diaryl/α,β-unsaturated/α-hetero) is 1. The van der Waals surface area contributed by atoms with Crippen molar-refractivity contribution in [3.05, 3.63) is 29.8 Å². The van der Waals surface area contributed by atoms with Gasteiger partial charge in [-0.05, 0) is 51.0 Å². The van der Waals surface area contributed by atoms with Crippen molar-refractivity contribution in [1.29, 1.82) is 0 Å². The SMILES string of the molecule is CC(=O)c1ccc(NC(=O)[C@H](C)OC(=O)C2(CC(=O)N3CCOCC3)CCCC2)cc1. The minimum absolute atomic E-state index is 0.0614. The van der Waals surface area contributed by atoms with E-state index >= 15 is 0 Å². The number of rotatable bonds is 7. The van der Waals surface area contributed by atoms with Crippen LogP contribution in [0.1, 0.15) is 56.3 Å². The van der Waals surface area contributed by atoms with Gasteiger partial charge < -0.3 is 19.7 Å². The fraction of sp³-hybridized carbons (Fsp3) is 0.565. The molecule has 2 amide bonds. The van der Waals surface area contributed by atoms with Crippen molar-refractivity contribution in [3.63, 3.8) is 0 Å². The lowest BCUT2D eigenvalue weighted by atomic mass is 9.82. The maximum atomic E-state index is 13.0. The van der Waals surface area contributed by atoms with Crippen LogP contribution in [0.5, 0.6) is 0 Å². The van der Waals surface area contributed by atoms with Crippen molar-refractivity contribution < 1.29 is 28.7 Å². The van der Waals surface area contributed by atoms with E-state index in [1.54, 1.807) is 29.2 Å². The zero-order valence-corrected chi connectivity index (χ0v) is 18.1. The molecular formula is C23H30N2O6. The fourth-order valence-electron chi connectivity index (χ4n) is 4.09. The largest absolute Gasteiger partial charge is 0.452 e. The summed E-state index contributed by atoms with van der Waals surface area (Å²) in [5.41, 5.74) is 0.189. The third-order valence-electron chi connectivity index (χ3n) is 6.06. The molecule has 2 aliphatic rings. The van der Waals surface area contributed by atoms with Gasteiger partial charge in [-0.1, -0.05) is 12.8 Å². The van der Waals surface area contributed by atoms with Crippen molar-refractivity contribution in [2.24, 2.45) is 5.41 Å². The van der Waals surface area contributed by atoms with Gasteiger partial charge in [0.05, 0.1) is 18.6 Å². The lowest BCUT2D eigenvalue weighted by molar-refractivity contribution is -0.166. The molecule has 0 aromatic heterocycles. The van der Waals surface area contributed by atoms with Crippen molar-refractivity contribution >= 4 is 29.3 Å². The molecule has 2 fully saturated rings. The zero-order valence-electron chi connectivity index (χ0n) is 18.1. The van der Waals surface area contributed by atoms with Gasteiger partial charge in [0.1, 0.15) is 0 Å². The second-order valence-electron chi connectivity index (χ2n) is 8.33. The number of nitrogens with one attached hydrogen (secondary N) is 1. The summed E-state index contributed by atoms with van der Waals surface area (Å²) < 4.78 is 10.8. The van der Waals surface area contributed by atoms with Gasteiger partial charge >= 0.3 is 5.97 Å². The first-order valence-electron chi connectivity index (χ1n) is 10.8. The van der Waals surface area contributed by atoms with Crippen LogP contribution in [-0.2, 0) is 23.9 Å².